The average molecular weight is 568 g/mol. The highest BCUT2D eigenvalue weighted by atomic mass is 32.2. The number of hydrogen-bond acceptors (Lipinski definition) is 7. The van der Waals surface area contributed by atoms with Gasteiger partial charge in [0.1, 0.15) is 0 Å². The van der Waals surface area contributed by atoms with Crippen LogP contribution in [0.3, 0.4) is 0 Å². The number of ether oxygens (including phenoxy) is 1. The lowest BCUT2D eigenvalue weighted by Crippen LogP contribution is -2.51. The molecule has 18 heteroatoms. The van der Waals surface area contributed by atoms with Gasteiger partial charge in [-0.25, -0.2) is 23.0 Å². The van der Waals surface area contributed by atoms with E-state index in [0.717, 1.165) is 32.0 Å². The number of fused-ring (bicyclic) bond motifs is 1. The van der Waals surface area contributed by atoms with Gasteiger partial charge in [-0.2, -0.15) is 30.6 Å². The first-order valence-corrected chi connectivity index (χ1v) is 12.3. The predicted molar refractivity (Wildman–Crippen MR) is 112 cm³/mol. The quantitative estimate of drug-likeness (QED) is 0.506. The van der Waals surface area contributed by atoms with E-state index in [1.165, 1.54) is 19.2 Å². The fourth-order valence-corrected chi connectivity index (χ4v) is 4.95. The summed E-state index contributed by atoms with van der Waals surface area (Å²) < 4.78 is 98.1. The number of carboxylic acids is 2. The Hall–Kier alpha value is -2.44. The maximum Gasteiger partial charge on any atom is 0.490 e. The Morgan fingerprint density at radius 1 is 1.05 bits per heavy atom. The summed E-state index contributed by atoms with van der Waals surface area (Å²) in [7, 11) is -1.70. The number of sulfonamides is 1. The molecule has 2 N–H and O–H groups in total. The number of aliphatic carboxylic acids is 2. The number of alkyl halides is 6. The van der Waals surface area contributed by atoms with E-state index < -0.39 is 34.3 Å². The molecule has 3 heterocycles. The summed E-state index contributed by atoms with van der Waals surface area (Å²) in [5.41, 5.74) is 0. The standard InChI is InChI=1S/C15H24N4O3S.2C2HF3O2/c1-17-9-15(16-11-17)23(20,21)19-5-4-18-8-14(6-13(18)7-19)22-10-12-2-3-12;2*3-2(4,5)1(6)7/h9,11-14H,2-8,10H2,1H3;2*(H,6,7)/t13-,14+;;/m0../s1. The molecule has 0 spiro atoms. The van der Waals surface area contributed by atoms with Crippen LogP contribution in [-0.4, -0.2) is 107 Å². The minimum atomic E-state index is -5.08. The second kappa shape index (κ2) is 12.0. The molecule has 3 aliphatic rings. The molecule has 2 saturated heterocycles. The molecule has 0 bridgehead atoms. The summed E-state index contributed by atoms with van der Waals surface area (Å²) in [5, 5.41) is 14.4. The highest BCUT2D eigenvalue weighted by Gasteiger charge is 2.41. The number of rotatable bonds is 5. The van der Waals surface area contributed by atoms with Gasteiger partial charge in [-0.15, -0.1) is 0 Å². The molecule has 2 aliphatic heterocycles. The average Bonchev–Trinajstić information content (AvgIpc) is 3.34. The van der Waals surface area contributed by atoms with Gasteiger partial charge in [0, 0.05) is 52.1 Å². The molecule has 1 saturated carbocycles. The fourth-order valence-electron chi connectivity index (χ4n) is 3.52. The van der Waals surface area contributed by atoms with Gasteiger partial charge in [-0.1, -0.05) is 0 Å². The first-order valence-electron chi connectivity index (χ1n) is 10.8. The molecule has 3 fully saturated rings. The number of aryl methyl sites for hydroxylation is 1. The normalized spacial score (nSPS) is 22.8. The van der Waals surface area contributed by atoms with Crippen LogP contribution in [0.4, 0.5) is 26.3 Å². The van der Waals surface area contributed by atoms with Crippen molar-refractivity contribution in [3.63, 3.8) is 0 Å². The lowest BCUT2D eigenvalue weighted by atomic mass is 10.2. The number of hydrogen-bond donors (Lipinski definition) is 2. The Morgan fingerprint density at radius 2 is 1.59 bits per heavy atom. The van der Waals surface area contributed by atoms with Crippen molar-refractivity contribution in [3.05, 3.63) is 12.5 Å². The third-order valence-electron chi connectivity index (χ3n) is 5.58. The minimum Gasteiger partial charge on any atom is -0.475 e. The molecule has 4 rings (SSSR count). The van der Waals surface area contributed by atoms with Crippen LogP contribution in [0.2, 0.25) is 0 Å². The number of halogens is 6. The molecular formula is C19H26F6N4O7S. The van der Waals surface area contributed by atoms with Gasteiger partial charge in [0.2, 0.25) is 0 Å². The van der Waals surface area contributed by atoms with Gasteiger partial charge in [0.25, 0.3) is 10.0 Å². The summed E-state index contributed by atoms with van der Waals surface area (Å²) in [6.45, 7) is 3.67. The van der Waals surface area contributed by atoms with Gasteiger partial charge >= 0.3 is 24.3 Å². The highest BCUT2D eigenvalue weighted by Crippen LogP contribution is 2.32. The third-order valence-corrected chi connectivity index (χ3v) is 7.33. The van der Waals surface area contributed by atoms with E-state index in [0.29, 0.717) is 13.1 Å². The zero-order valence-electron chi connectivity index (χ0n) is 19.4. The molecule has 11 nitrogen and oxygen atoms in total. The van der Waals surface area contributed by atoms with E-state index >= 15 is 0 Å². The summed E-state index contributed by atoms with van der Waals surface area (Å²) >= 11 is 0. The number of carboxylic acid groups (broad SMARTS) is 2. The first-order chi connectivity index (χ1) is 16.9. The summed E-state index contributed by atoms with van der Waals surface area (Å²) in [5.74, 6) is -4.74. The highest BCUT2D eigenvalue weighted by molar-refractivity contribution is 7.89. The molecule has 0 unspecified atom stereocenters. The molecule has 0 amide bonds. The summed E-state index contributed by atoms with van der Waals surface area (Å²) in [6, 6.07) is 0.270. The molecule has 1 aromatic rings. The van der Waals surface area contributed by atoms with Crippen molar-refractivity contribution in [3.8, 4) is 0 Å². The first kappa shape index (κ1) is 30.8. The van der Waals surface area contributed by atoms with Gasteiger partial charge in [-0.05, 0) is 25.2 Å². The van der Waals surface area contributed by atoms with Crippen molar-refractivity contribution < 1.29 is 59.3 Å². The van der Waals surface area contributed by atoms with Crippen LogP contribution in [0, 0.1) is 5.92 Å². The van der Waals surface area contributed by atoms with Crippen LogP contribution < -0.4 is 0 Å². The van der Waals surface area contributed by atoms with Crippen molar-refractivity contribution in [2.45, 2.75) is 48.8 Å². The van der Waals surface area contributed by atoms with Crippen molar-refractivity contribution >= 4 is 22.0 Å². The number of carbonyl (C=O) groups is 2. The molecule has 212 valence electrons. The Labute approximate surface area is 207 Å². The monoisotopic (exact) mass is 568 g/mol. The van der Waals surface area contributed by atoms with E-state index in [-0.39, 0.29) is 17.2 Å². The molecule has 1 aliphatic carbocycles. The zero-order chi connectivity index (χ0) is 28.2. The van der Waals surface area contributed by atoms with Gasteiger partial charge in [-0.3, -0.25) is 4.90 Å². The van der Waals surface area contributed by atoms with Crippen molar-refractivity contribution in [1.82, 2.24) is 18.8 Å². The third kappa shape index (κ3) is 9.42. The number of aromatic nitrogens is 2. The van der Waals surface area contributed by atoms with Crippen molar-refractivity contribution in [2.24, 2.45) is 13.0 Å². The van der Waals surface area contributed by atoms with Crippen LogP contribution >= 0.6 is 0 Å². The smallest absolute Gasteiger partial charge is 0.475 e. The molecule has 1 aromatic heterocycles. The predicted octanol–water partition coefficient (Wildman–Crippen LogP) is 1.56. The Kier molecular flexibility index (Phi) is 9.94. The second-order valence-corrected chi connectivity index (χ2v) is 10.5. The van der Waals surface area contributed by atoms with Crippen LogP contribution in [0.25, 0.3) is 0 Å². The van der Waals surface area contributed by atoms with Gasteiger partial charge in [0.15, 0.2) is 5.03 Å². The van der Waals surface area contributed by atoms with Crippen LogP contribution in [-0.2, 0) is 31.4 Å². The van der Waals surface area contributed by atoms with Gasteiger partial charge < -0.3 is 19.5 Å². The van der Waals surface area contributed by atoms with E-state index in [1.54, 1.807) is 22.1 Å². The van der Waals surface area contributed by atoms with Gasteiger partial charge in [0.05, 0.1) is 12.4 Å². The SMILES string of the molecule is Cn1cnc(S(=O)(=O)N2CCN3C[C@H](OCC4CC4)C[C@H]3C2)c1.O=C(O)C(F)(F)F.O=C(O)C(F)(F)F. The van der Waals surface area contributed by atoms with E-state index in [2.05, 4.69) is 9.88 Å². The Balaban J connectivity index is 0.000000286. The van der Waals surface area contributed by atoms with Crippen LogP contribution in [0.5, 0.6) is 0 Å². The molecule has 0 radical (unpaired) electrons. The Morgan fingerprint density at radius 3 is 2.03 bits per heavy atom. The number of piperazine rings is 1. The van der Waals surface area contributed by atoms with E-state index in [1.807, 2.05) is 0 Å². The number of nitrogens with zero attached hydrogens (tertiary/aromatic N) is 4. The lowest BCUT2D eigenvalue weighted by Gasteiger charge is -2.35. The Bertz CT molecular complexity index is 1020. The minimum absolute atomic E-state index is 0.146. The zero-order valence-corrected chi connectivity index (χ0v) is 20.3. The van der Waals surface area contributed by atoms with E-state index in [9.17, 15) is 34.8 Å². The largest absolute Gasteiger partial charge is 0.490 e. The van der Waals surface area contributed by atoms with E-state index in [4.69, 9.17) is 24.5 Å². The van der Waals surface area contributed by atoms with Crippen molar-refractivity contribution in [2.75, 3.05) is 32.8 Å². The van der Waals surface area contributed by atoms with Crippen LogP contribution in [0.15, 0.2) is 17.6 Å². The maximum atomic E-state index is 12.7. The molecule has 0 aromatic carbocycles. The molecular weight excluding hydrogens is 542 g/mol. The fraction of sp³-hybridized carbons (Fsp3) is 0.737. The van der Waals surface area contributed by atoms with Crippen molar-refractivity contribution in [1.29, 1.82) is 0 Å². The topological polar surface area (TPSA) is 142 Å². The maximum absolute atomic E-state index is 12.7. The number of imidazole rings is 1. The molecule has 37 heavy (non-hydrogen) atoms. The summed E-state index contributed by atoms with van der Waals surface area (Å²) in [6.07, 6.45) is -3.27. The summed E-state index contributed by atoms with van der Waals surface area (Å²) in [4.78, 5) is 24.2. The second-order valence-electron chi connectivity index (χ2n) is 8.63. The molecule has 2 atom stereocenters. The lowest BCUT2D eigenvalue weighted by molar-refractivity contribution is -0.193. The van der Waals surface area contributed by atoms with Crippen LogP contribution in [0.1, 0.15) is 19.3 Å².